The quantitative estimate of drug-likeness (QED) is 0.381. The van der Waals surface area contributed by atoms with Gasteiger partial charge in [-0.1, -0.05) is 29.4 Å². The second-order valence-electron chi connectivity index (χ2n) is 7.61. The van der Waals surface area contributed by atoms with Gasteiger partial charge in [-0.05, 0) is 69.5 Å². The van der Waals surface area contributed by atoms with Crippen LogP contribution in [0.1, 0.15) is 49.5 Å². The van der Waals surface area contributed by atoms with Crippen molar-refractivity contribution in [1.82, 2.24) is 0 Å². The third-order valence-corrected chi connectivity index (χ3v) is 4.68. The van der Waals surface area contributed by atoms with E-state index < -0.39 is 11.9 Å². The van der Waals surface area contributed by atoms with Crippen LogP contribution in [0, 0.1) is 0 Å². The van der Waals surface area contributed by atoms with Crippen LogP contribution in [0.3, 0.4) is 0 Å². The molecule has 0 aliphatic carbocycles. The number of phenolic OH excluding ortho intramolecular Hbond substituents is 2. The molecule has 0 radical (unpaired) electrons. The van der Waals surface area contributed by atoms with E-state index in [1.54, 1.807) is 18.2 Å². The van der Waals surface area contributed by atoms with Gasteiger partial charge in [-0.2, -0.15) is 0 Å². The standard InChI is InChI=1S/C25H30O5/c1-17(2)5-4-6-18(3)13-14-30-21-11-12-22(23(27)16-21)25(29)24(28)15-19-7-9-20(26)10-8-19/h5,7-13,16,24,26-28H,4,6,14-15H2,1-3H3. The molecular weight excluding hydrogens is 380 g/mol. The fourth-order valence-electron chi connectivity index (χ4n) is 2.91. The molecule has 5 nitrogen and oxygen atoms in total. The van der Waals surface area contributed by atoms with E-state index in [1.807, 2.05) is 6.08 Å². The normalized spacial score (nSPS) is 12.3. The molecule has 0 amide bonds. The average Bonchev–Trinajstić information content (AvgIpc) is 2.69. The Kier molecular flexibility index (Phi) is 8.69. The number of carbonyl (C=O) groups is 1. The molecule has 0 heterocycles. The van der Waals surface area contributed by atoms with Crippen LogP contribution in [-0.4, -0.2) is 33.8 Å². The van der Waals surface area contributed by atoms with Crippen LogP contribution in [0.2, 0.25) is 0 Å². The molecule has 0 spiro atoms. The highest BCUT2D eigenvalue weighted by Gasteiger charge is 2.21. The average molecular weight is 411 g/mol. The monoisotopic (exact) mass is 410 g/mol. The van der Waals surface area contributed by atoms with Crippen molar-refractivity contribution in [2.45, 2.75) is 46.1 Å². The maximum absolute atomic E-state index is 12.5. The van der Waals surface area contributed by atoms with E-state index in [2.05, 4.69) is 26.8 Å². The first-order valence-corrected chi connectivity index (χ1v) is 10.0. The Hall–Kier alpha value is -3.05. The molecule has 2 rings (SSSR count). The Bertz CT molecular complexity index is 906. The highest BCUT2D eigenvalue weighted by Crippen LogP contribution is 2.26. The van der Waals surface area contributed by atoms with Crippen molar-refractivity contribution < 1.29 is 24.9 Å². The number of hydrogen-bond acceptors (Lipinski definition) is 5. The third-order valence-electron chi connectivity index (χ3n) is 4.68. The molecule has 30 heavy (non-hydrogen) atoms. The van der Waals surface area contributed by atoms with Gasteiger partial charge in [0.1, 0.15) is 30.0 Å². The van der Waals surface area contributed by atoms with Gasteiger partial charge >= 0.3 is 0 Å². The van der Waals surface area contributed by atoms with Crippen LogP contribution >= 0.6 is 0 Å². The molecule has 3 N–H and O–H groups in total. The number of phenols is 2. The highest BCUT2D eigenvalue weighted by atomic mass is 16.5. The first-order chi connectivity index (χ1) is 14.3. The van der Waals surface area contributed by atoms with Gasteiger partial charge in [0.05, 0.1) is 5.56 Å². The van der Waals surface area contributed by atoms with Crippen LogP contribution in [0.4, 0.5) is 0 Å². The lowest BCUT2D eigenvalue weighted by Gasteiger charge is -2.12. The number of ether oxygens (including phenoxy) is 1. The molecule has 0 fully saturated rings. The number of rotatable bonds is 10. The number of carbonyl (C=O) groups excluding carboxylic acids is 1. The first-order valence-electron chi connectivity index (χ1n) is 10.0. The number of ketones is 1. The smallest absolute Gasteiger partial charge is 0.195 e. The fourth-order valence-corrected chi connectivity index (χ4v) is 2.91. The molecular formula is C25H30O5. The van der Waals surface area contributed by atoms with Crippen molar-refractivity contribution in [1.29, 1.82) is 0 Å². The van der Waals surface area contributed by atoms with E-state index in [9.17, 15) is 20.1 Å². The largest absolute Gasteiger partial charge is 0.508 e. The van der Waals surface area contributed by atoms with Crippen molar-refractivity contribution >= 4 is 5.78 Å². The SMILES string of the molecule is CC(C)=CCCC(C)=CCOc1ccc(C(=O)C(O)Cc2ccc(O)cc2)c(O)c1. The number of Topliss-reactive ketones (excluding diaryl/α,β-unsaturated/α-hetero) is 1. The summed E-state index contributed by atoms with van der Waals surface area (Å²) in [7, 11) is 0. The number of aliphatic hydroxyl groups excluding tert-OH is 1. The first kappa shape index (κ1) is 23.2. The molecule has 1 unspecified atom stereocenters. The summed E-state index contributed by atoms with van der Waals surface area (Å²) in [4.78, 5) is 12.5. The zero-order valence-electron chi connectivity index (χ0n) is 17.8. The zero-order valence-corrected chi connectivity index (χ0v) is 17.8. The van der Waals surface area contributed by atoms with Crippen LogP contribution in [-0.2, 0) is 6.42 Å². The minimum Gasteiger partial charge on any atom is -0.508 e. The van der Waals surface area contributed by atoms with Crippen LogP contribution in [0.5, 0.6) is 17.2 Å². The molecule has 0 aromatic heterocycles. The lowest BCUT2D eigenvalue weighted by molar-refractivity contribution is 0.0745. The number of aliphatic hydroxyl groups is 1. The van der Waals surface area contributed by atoms with Gasteiger partial charge < -0.3 is 20.1 Å². The van der Waals surface area contributed by atoms with Crippen LogP contribution in [0.15, 0.2) is 65.8 Å². The van der Waals surface area contributed by atoms with Gasteiger partial charge in [0.25, 0.3) is 0 Å². The van der Waals surface area contributed by atoms with Crippen LogP contribution in [0.25, 0.3) is 0 Å². The van der Waals surface area contributed by atoms with E-state index in [1.165, 1.54) is 35.4 Å². The molecule has 0 saturated carbocycles. The van der Waals surface area contributed by atoms with Crippen molar-refractivity contribution in [3.63, 3.8) is 0 Å². The summed E-state index contributed by atoms with van der Waals surface area (Å²) < 4.78 is 5.64. The minimum absolute atomic E-state index is 0.0436. The van der Waals surface area contributed by atoms with Gasteiger partial charge in [-0.3, -0.25) is 4.79 Å². The maximum atomic E-state index is 12.5. The van der Waals surface area contributed by atoms with E-state index in [-0.39, 0.29) is 23.5 Å². The van der Waals surface area contributed by atoms with E-state index in [4.69, 9.17) is 4.74 Å². The zero-order chi connectivity index (χ0) is 22.1. The van der Waals surface area contributed by atoms with E-state index in [0.29, 0.717) is 17.9 Å². The summed E-state index contributed by atoms with van der Waals surface area (Å²) in [6, 6.07) is 10.7. The lowest BCUT2D eigenvalue weighted by Crippen LogP contribution is -2.23. The predicted octanol–water partition coefficient (Wildman–Crippen LogP) is 4.96. The van der Waals surface area contributed by atoms with Gasteiger partial charge in [0, 0.05) is 12.5 Å². The number of benzene rings is 2. The second kappa shape index (κ2) is 11.2. The minimum atomic E-state index is -1.29. The maximum Gasteiger partial charge on any atom is 0.195 e. The summed E-state index contributed by atoms with van der Waals surface area (Å²) in [5.74, 6) is -0.232. The third kappa shape index (κ3) is 7.41. The van der Waals surface area contributed by atoms with E-state index >= 15 is 0 Å². The van der Waals surface area contributed by atoms with Crippen molar-refractivity contribution in [3.05, 3.63) is 76.9 Å². The fraction of sp³-hybridized carbons (Fsp3) is 0.320. The van der Waals surface area contributed by atoms with Gasteiger partial charge in [-0.15, -0.1) is 0 Å². The summed E-state index contributed by atoms with van der Waals surface area (Å²) in [5.41, 5.74) is 3.28. The Morgan fingerprint density at radius 1 is 1.03 bits per heavy atom. The molecule has 0 saturated heterocycles. The van der Waals surface area contributed by atoms with Gasteiger partial charge in [-0.25, -0.2) is 0 Å². The van der Waals surface area contributed by atoms with Crippen LogP contribution < -0.4 is 4.74 Å². The molecule has 0 aliphatic rings. The number of aromatic hydroxyl groups is 2. The van der Waals surface area contributed by atoms with Crippen molar-refractivity contribution in [2.75, 3.05) is 6.61 Å². The Morgan fingerprint density at radius 2 is 1.73 bits per heavy atom. The summed E-state index contributed by atoms with van der Waals surface area (Å²) in [6.07, 6.45) is 4.95. The molecule has 0 bridgehead atoms. The molecule has 2 aromatic carbocycles. The molecule has 160 valence electrons. The lowest BCUT2D eigenvalue weighted by atomic mass is 9.99. The molecule has 5 heteroatoms. The number of hydrogen-bond donors (Lipinski definition) is 3. The van der Waals surface area contributed by atoms with Gasteiger partial charge in [0.15, 0.2) is 5.78 Å². The highest BCUT2D eigenvalue weighted by molar-refractivity contribution is 6.01. The Morgan fingerprint density at radius 3 is 2.37 bits per heavy atom. The summed E-state index contributed by atoms with van der Waals surface area (Å²) >= 11 is 0. The van der Waals surface area contributed by atoms with Crippen molar-refractivity contribution in [3.8, 4) is 17.2 Å². The Balaban J connectivity index is 1.93. The Labute approximate surface area is 178 Å². The molecule has 1 atom stereocenters. The number of allylic oxidation sites excluding steroid dienone is 3. The van der Waals surface area contributed by atoms with Gasteiger partial charge in [0.2, 0.25) is 0 Å². The molecule has 2 aromatic rings. The summed E-state index contributed by atoms with van der Waals surface area (Å²) in [5, 5.41) is 29.8. The topological polar surface area (TPSA) is 87.0 Å². The summed E-state index contributed by atoms with van der Waals surface area (Å²) in [6.45, 7) is 6.58. The van der Waals surface area contributed by atoms with E-state index in [0.717, 1.165) is 12.8 Å². The predicted molar refractivity (Wildman–Crippen MR) is 118 cm³/mol. The molecule has 0 aliphatic heterocycles. The second-order valence-corrected chi connectivity index (χ2v) is 7.61. The van der Waals surface area contributed by atoms with Crippen molar-refractivity contribution in [2.24, 2.45) is 0 Å².